The van der Waals surface area contributed by atoms with Crippen LogP contribution in [0.2, 0.25) is 5.02 Å². The van der Waals surface area contributed by atoms with Crippen LogP contribution in [0.15, 0.2) is 23.1 Å². The normalized spacial score (nSPS) is 17.7. The number of ether oxygens (including phenoxy) is 1. The summed E-state index contributed by atoms with van der Waals surface area (Å²) in [6, 6.07) is 4.14. The van der Waals surface area contributed by atoms with Crippen molar-refractivity contribution in [1.82, 2.24) is 4.31 Å². The van der Waals surface area contributed by atoms with Crippen LogP contribution in [0.25, 0.3) is 0 Å². The molecule has 0 spiro atoms. The van der Waals surface area contributed by atoms with E-state index in [1.165, 1.54) is 29.6 Å². The minimum atomic E-state index is -3.69. The number of methoxy groups -OCH3 is 1. The number of hydrogen-bond donors (Lipinski definition) is 0. The molecule has 7 heteroatoms. The lowest BCUT2D eigenvalue weighted by Crippen LogP contribution is -2.38. The molecule has 21 heavy (non-hydrogen) atoms. The molecule has 0 atom stereocenters. The van der Waals surface area contributed by atoms with Gasteiger partial charge in [0, 0.05) is 13.1 Å². The maximum Gasteiger partial charge on any atom is 0.337 e. The second-order valence-electron chi connectivity index (χ2n) is 5.22. The summed E-state index contributed by atoms with van der Waals surface area (Å²) in [5, 5.41) is 0.112. The van der Waals surface area contributed by atoms with E-state index in [1.807, 2.05) is 0 Å². The molecule has 0 saturated carbocycles. The van der Waals surface area contributed by atoms with Crippen molar-refractivity contribution in [2.75, 3.05) is 20.2 Å². The summed E-state index contributed by atoms with van der Waals surface area (Å²) < 4.78 is 31.4. The van der Waals surface area contributed by atoms with Crippen LogP contribution in [0.4, 0.5) is 0 Å². The topological polar surface area (TPSA) is 63.7 Å². The molecule has 1 aromatic carbocycles. The Morgan fingerprint density at radius 2 is 1.95 bits per heavy atom. The van der Waals surface area contributed by atoms with Crippen LogP contribution in [0.3, 0.4) is 0 Å². The van der Waals surface area contributed by atoms with E-state index in [1.54, 1.807) is 0 Å². The first-order chi connectivity index (χ1) is 9.86. The predicted molar refractivity (Wildman–Crippen MR) is 79.9 cm³/mol. The zero-order chi connectivity index (χ0) is 15.6. The number of hydrogen-bond acceptors (Lipinski definition) is 4. The van der Waals surface area contributed by atoms with E-state index in [9.17, 15) is 13.2 Å². The Bertz CT molecular complexity index is 636. The number of sulfonamides is 1. The lowest BCUT2D eigenvalue weighted by atomic mass is 10.0. The molecule has 116 valence electrons. The average Bonchev–Trinajstić information content (AvgIpc) is 2.47. The number of carbonyl (C=O) groups excluding carboxylic acids is 1. The fourth-order valence-corrected chi connectivity index (χ4v) is 4.28. The fraction of sp³-hybridized carbons (Fsp3) is 0.500. The van der Waals surface area contributed by atoms with Crippen LogP contribution in [-0.4, -0.2) is 38.9 Å². The van der Waals surface area contributed by atoms with E-state index >= 15 is 0 Å². The first-order valence-corrected chi connectivity index (χ1v) is 8.56. The van der Waals surface area contributed by atoms with Crippen molar-refractivity contribution >= 4 is 27.6 Å². The van der Waals surface area contributed by atoms with Gasteiger partial charge < -0.3 is 4.74 Å². The molecule has 0 aliphatic carbocycles. The Hall–Kier alpha value is -1.11. The molecule has 0 radical (unpaired) electrons. The second-order valence-corrected chi connectivity index (χ2v) is 7.54. The summed E-state index contributed by atoms with van der Waals surface area (Å²) in [6.07, 6.45) is 1.65. The Morgan fingerprint density at radius 3 is 2.52 bits per heavy atom. The molecule has 0 amide bonds. The molecule has 0 N–H and O–H groups in total. The Kier molecular flexibility index (Phi) is 4.91. The molecule has 0 unspecified atom stereocenters. The minimum Gasteiger partial charge on any atom is -0.465 e. The van der Waals surface area contributed by atoms with Gasteiger partial charge in [-0.25, -0.2) is 13.2 Å². The third-order valence-corrected chi connectivity index (χ3v) is 6.09. The quantitative estimate of drug-likeness (QED) is 0.798. The number of rotatable bonds is 3. The van der Waals surface area contributed by atoms with Gasteiger partial charge in [-0.1, -0.05) is 18.5 Å². The molecule has 1 aromatic rings. The highest BCUT2D eigenvalue weighted by molar-refractivity contribution is 7.89. The largest absolute Gasteiger partial charge is 0.465 e. The summed E-state index contributed by atoms with van der Waals surface area (Å²) in [6.45, 7) is 3.05. The molecule has 5 nitrogen and oxygen atoms in total. The molecule has 1 fully saturated rings. The SMILES string of the molecule is COC(=O)c1ccc(Cl)c(S(=O)(=O)N2CCC(C)CC2)c1. The first-order valence-electron chi connectivity index (χ1n) is 6.74. The molecule has 1 saturated heterocycles. The summed E-state index contributed by atoms with van der Waals surface area (Å²) in [4.78, 5) is 11.5. The van der Waals surface area contributed by atoms with Crippen LogP contribution in [-0.2, 0) is 14.8 Å². The van der Waals surface area contributed by atoms with E-state index in [0.717, 1.165) is 12.8 Å². The van der Waals surface area contributed by atoms with Crippen molar-refractivity contribution in [2.24, 2.45) is 5.92 Å². The highest BCUT2D eigenvalue weighted by Gasteiger charge is 2.30. The van der Waals surface area contributed by atoms with Crippen molar-refractivity contribution in [3.05, 3.63) is 28.8 Å². The third-order valence-electron chi connectivity index (χ3n) is 3.71. The maximum absolute atomic E-state index is 12.7. The molecule has 0 aromatic heterocycles. The summed E-state index contributed by atoms with van der Waals surface area (Å²) >= 11 is 6.02. The van der Waals surface area contributed by atoms with Crippen LogP contribution in [0, 0.1) is 5.92 Å². The van der Waals surface area contributed by atoms with Gasteiger partial charge in [-0.05, 0) is 37.0 Å². The number of carbonyl (C=O) groups is 1. The van der Waals surface area contributed by atoms with E-state index in [-0.39, 0.29) is 15.5 Å². The van der Waals surface area contributed by atoms with Gasteiger partial charge in [-0.2, -0.15) is 4.31 Å². The number of benzene rings is 1. The second kappa shape index (κ2) is 6.34. The number of esters is 1. The summed E-state index contributed by atoms with van der Waals surface area (Å²) in [5.74, 6) is -0.0660. The molecule has 1 heterocycles. The number of halogens is 1. The van der Waals surface area contributed by atoms with Crippen molar-refractivity contribution in [3.8, 4) is 0 Å². The lowest BCUT2D eigenvalue weighted by molar-refractivity contribution is 0.0600. The Labute approximate surface area is 129 Å². The van der Waals surface area contributed by atoms with Gasteiger partial charge >= 0.3 is 5.97 Å². The smallest absolute Gasteiger partial charge is 0.337 e. The minimum absolute atomic E-state index is 0.0402. The Balaban J connectivity index is 2.37. The predicted octanol–water partition coefficient (Wildman–Crippen LogP) is 2.55. The van der Waals surface area contributed by atoms with Crippen molar-refractivity contribution in [2.45, 2.75) is 24.7 Å². The molecule has 0 bridgehead atoms. The maximum atomic E-state index is 12.7. The zero-order valence-corrected chi connectivity index (χ0v) is 13.6. The van der Waals surface area contributed by atoms with Crippen molar-refractivity contribution < 1.29 is 17.9 Å². The fourth-order valence-electron chi connectivity index (χ4n) is 2.31. The van der Waals surface area contributed by atoms with Gasteiger partial charge in [-0.3, -0.25) is 0 Å². The molecule has 1 aliphatic rings. The Morgan fingerprint density at radius 1 is 1.33 bits per heavy atom. The monoisotopic (exact) mass is 331 g/mol. The van der Waals surface area contributed by atoms with Crippen LogP contribution in [0.5, 0.6) is 0 Å². The number of nitrogens with zero attached hydrogens (tertiary/aromatic N) is 1. The van der Waals surface area contributed by atoms with E-state index in [0.29, 0.717) is 19.0 Å². The molecular weight excluding hydrogens is 314 g/mol. The zero-order valence-electron chi connectivity index (χ0n) is 12.0. The van der Waals surface area contributed by atoms with Gasteiger partial charge in [-0.15, -0.1) is 0 Å². The van der Waals surface area contributed by atoms with Gasteiger partial charge in [0.2, 0.25) is 10.0 Å². The van der Waals surface area contributed by atoms with Crippen molar-refractivity contribution in [1.29, 1.82) is 0 Å². The van der Waals surface area contributed by atoms with Crippen LogP contribution < -0.4 is 0 Å². The lowest BCUT2D eigenvalue weighted by Gasteiger charge is -2.29. The number of piperidine rings is 1. The van der Waals surface area contributed by atoms with Crippen LogP contribution >= 0.6 is 11.6 Å². The van der Waals surface area contributed by atoms with Gasteiger partial charge in [0.15, 0.2) is 0 Å². The molecule has 1 aliphatic heterocycles. The molecule has 2 rings (SSSR count). The van der Waals surface area contributed by atoms with Crippen LogP contribution in [0.1, 0.15) is 30.1 Å². The first kappa shape index (κ1) is 16.3. The van der Waals surface area contributed by atoms with E-state index < -0.39 is 16.0 Å². The van der Waals surface area contributed by atoms with Gasteiger partial charge in [0.1, 0.15) is 4.90 Å². The summed E-state index contributed by atoms with van der Waals surface area (Å²) in [7, 11) is -2.44. The van der Waals surface area contributed by atoms with E-state index in [4.69, 9.17) is 11.6 Å². The highest BCUT2D eigenvalue weighted by Crippen LogP contribution is 2.29. The standard InChI is InChI=1S/C14H18ClNO4S/c1-10-5-7-16(8-6-10)21(18,19)13-9-11(14(17)20-2)3-4-12(13)15/h3-4,9-10H,5-8H2,1-2H3. The average molecular weight is 332 g/mol. The van der Waals surface area contributed by atoms with Gasteiger partial charge in [0.25, 0.3) is 0 Å². The van der Waals surface area contributed by atoms with Gasteiger partial charge in [0.05, 0.1) is 17.7 Å². The van der Waals surface area contributed by atoms with E-state index in [2.05, 4.69) is 11.7 Å². The summed E-state index contributed by atoms with van der Waals surface area (Å²) in [5.41, 5.74) is 0.172. The highest BCUT2D eigenvalue weighted by atomic mass is 35.5. The molecular formula is C14H18ClNO4S. The third kappa shape index (κ3) is 3.39. The van der Waals surface area contributed by atoms with Crippen molar-refractivity contribution in [3.63, 3.8) is 0 Å².